The van der Waals surface area contributed by atoms with Crippen LogP contribution < -0.4 is 10.1 Å². The molecule has 1 aromatic carbocycles. The summed E-state index contributed by atoms with van der Waals surface area (Å²) < 4.78 is 10.8. The fraction of sp³-hybridized carbons (Fsp3) is 0.625. The van der Waals surface area contributed by atoms with Crippen LogP contribution in [0.2, 0.25) is 0 Å². The Balaban J connectivity index is 2.51. The fourth-order valence-electron chi connectivity index (χ4n) is 2.20. The molecule has 1 rings (SSSR count). The van der Waals surface area contributed by atoms with Gasteiger partial charge in [-0.25, -0.2) is 0 Å². The third-order valence-corrected chi connectivity index (χ3v) is 3.33. The highest BCUT2D eigenvalue weighted by atomic mass is 16.5. The molecule has 0 bridgehead atoms. The van der Waals surface area contributed by atoms with Gasteiger partial charge >= 0.3 is 0 Å². The van der Waals surface area contributed by atoms with E-state index < -0.39 is 0 Å². The summed E-state index contributed by atoms with van der Waals surface area (Å²) in [5.74, 6) is 0.992. The molecule has 0 spiro atoms. The first-order chi connectivity index (χ1) is 9.31. The summed E-state index contributed by atoms with van der Waals surface area (Å²) in [4.78, 5) is 0. The van der Waals surface area contributed by atoms with Crippen LogP contribution in [0.3, 0.4) is 0 Å². The molecule has 108 valence electrons. The quantitative estimate of drug-likeness (QED) is 0.660. The number of para-hydroxylation sites is 1. The minimum atomic E-state index is 0.594. The van der Waals surface area contributed by atoms with E-state index in [1.807, 2.05) is 19.2 Å². The molecule has 0 radical (unpaired) electrons. The standard InChI is InChI=1S/C16H27NO2/c1-4-7-15(17-2)11-10-14-8-5-6-9-16(14)19-13-12-18-3/h5-6,8-9,15,17H,4,7,10-13H2,1-3H3. The van der Waals surface area contributed by atoms with Gasteiger partial charge in [0.25, 0.3) is 0 Å². The van der Waals surface area contributed by atoms with Crippen molar-refractivity contribution in [1.29, 1.82) is 0 Å². The summed E-state index contributed by atoms with van der Waals surface area (Å²) in [5, 5.41) is 3.38. The summed E-state index contributed by atoms with van der Waals surface area (Å²) in [7, 11) is 3.73. The Morgan fingerprint density at radius 1 is 1.16 bits per heavy atom. The largest absolute Gasteiger partial charge is 0.491 e. The van der Waals surface area contributed by atoms with Gasteiger partial charge in [-0.05, 0) is 37.9 Å². The molecule has 0 saturated carbocycles. The first kappa shape index (κ1) is 16.0. The summed E-state index contributed by atoms with van der Waals surface area (Å²) in [6.07, 6.45) is 4.64. The first-order valence-electron chi connectivity index (χ1n) is 7.18. The predicted octanol–water partition coefficient (Wildman–Crippen LogP) is 3.03. The van der Waals surface area contributed by atoms with Crippen LogP contribution in [0, 0.1) is 0 Å². The normalized spacial score (nSPS) is 12.4. The number of methoxy groups -OCH3 is 1. The van der Waals surface area contributed by atoms with Crippen molar-refractivity contribution in [2.75, 3.05) is 27.4 Å². The minimum Gasteiger partial charge on any atom is -0.491 e. The van der Waals surface area contributed by atoms with Gasteiger partial charge < -0.3 is 14.8 Å². The predicted molar refractivity (Wildman–Crippen MR) is 79.9 cm³/mol. The van der Waals surface area contributed by atoms with Crippen LogP contribution in [0.5, 0.6) is 5.75 Å². The van der Waals surface area contributed by atoms with E-state index in [1.54, 1.807) is 7.11 Å². The molecule has 0 fully saturated rings. The van der Waals surface area contributed by atoms with E-state index in [0.29, 0.717) is 19.3 Å². The second-order valence-corrected chi connectivity index (χ2v) is 4.76. The lowest BCUT2D eigenvalue weighted by Crippen LogP contribution is -2.25. The van der Waals surface area contributed by atoms with Gasteiger partial charge in [0.05, 0.1) is 6.61 Å². The summed E-state index contributed by atoms with van der Waals surface area (Å²) in [6.45, 7) is 3.47. The van der Waals surface area contributed by atoms with Crippen molar-refractivity contribution in [1.82, 2.24) is 5.32 Å². The van der Waals surface area contributed by atoms with Gasteiger partial charge in [-0.15, -0.1) is 0 Å². The molecule has 0 aliphatic carbocycles. The van der Waals surface area contributed by atoms with Crippen molar-refractivity contribution < 1.29 is 9.47 Å². The first-order valence-corrected chi connectivity index (χ1v) is 7.18. The van der Waals surface area contributed by atoms with Crippen LogP contribution in [0.4, 0.5) is 0 Å². The average molecular weight is 265 g/mol. The van der Waals surface area contributed by atoms with Crippen LogP contribution in [0.15, 0.2) is 24.3 Å². The average Bonchev–Trinajstić information content (AvgIpc) is 2.45. The number of hydrogen-bond acceptors (Lipinski definition) is 3. The SMILES string of the molecule is CCCC(CCc1ccccc1OCCOC)NC. The number of rotatable bonds is 10. The van der Waals surface area contributed by atoms with Crippen molar-refractivity contribution in [3.05, 3.63) is 29.8 Å². The van der Waals surface area contributed by atoms with Gasteiger partial charge in [-0.2, -0.15) is 0 Å². The highest BCUT2D eigenvalue weighted by Crippen LogP contribution is 2.20. The zero-order valence-electron chi connectivity index (χ0n) is 12.4. The molecule has 0 heterocycles. The number of nitrogens with one attached hydrogen (secondary N) is 1. The maximum atomic E-state index is 5.76. The highest BCUT2D eigenvalue weighted by molar-refractivity contribution is 5.33. The van der Waals surface area contributed by atoms with Crippen molar-refractivity contribution in [3.63, 3.8) is 0 Å². The van der Waals surface area contributed by atoms with Gasteiger partial charge in [0.2, 0.25) is 0 Å². The minimum absolute atomic E-state index is 0.594. The molecule has 0 aliphatic heterocycles. The summed E-state index contributed by atoms with van der Waals surface area (Å²) in [6, 6.07) is 8.89. The van der Waals surface area contributed by atoms with Crippen LogP contribution >= 0.6 is 0 Å². The van der Waals surface area contributed by atoms with Gasteiger partial charge in [0, 0.05) is 13.2 Å². The van der Waals surface area contributed by atoms with E-state index in [2.05, 4.69) is 24.4 Å². The molecule has 0 aliphatic rings. The van der Waals surface area contributed by atoms with E-state index >= 15 is 0 Å². The van der Waals surface area contributed by atoms with E-state index in [0.717, 1.165) is 18.6 Å². The van der Waals surface area contributed by atoms with Gasteiger partial charge in [0.15, 0.2) is 0 Å². The van der Waals surface area contributed by atoms with Crippen LogP contribution in [0.25, 0.3) is 0 Å². The molecule has 1 unspecified atom stereocenters. The number of aryl methyl sites for hydroxylation is 1. The Bertz CT molecular complexity index is 341. The highest BCUT2D eigenvalue weighted by Gasteiger charge is 2.08. The molecule has 3 nitrogen and oxygen atoms in total. The van der Waals surface area contributed by atoms with E-state index in [4.69, 9.17) is 9.47 Å². The zero-order chi connectivity index (χ0) is 13.9. The van der Waals surface area contributed by atoms with Crippen LogP contribution in [-0.4, -0.2) is 33.4 Å². The Morgan fingerprint density at radius 2 is 1.95 bits per heavy atom. The molecule has 1 N–H and O–H groups in total. The molecule has 19 heavy (non-hydrogen) atoms. The Morgan fingerprint density at radius 3 is 2.63 bits per heavy atom. The summed E-state index contributed by atoms with van der Waals surface area (Å²) in [5.41, 5.74) is 1.29. The second-order valence-electron chi connectivity index (χ2n) is 4.76. The van der Waals surface area contributed by atoms with Crippen LogP contribution in [-0.2, 0) is 11.2 Å². The number of ether oxygens (including phenoxy) is 2. The molecule has 0 aromatic heterocycles. The lowest BCUT2D eigenvalue weighted by Gasteiger charge is -2.16. The smallest absolute Gasteiger partial charge is 0.122 e. The third kappa shape index (κ3) is 6.08. The molecular formula is C16H27NO2. The topological polar surface area (TPSA) is 30.5 Å². The zero-order valence-corrected chi connectivity index (χ0v) is 12.4. The van der Waals surface area contributed by atoms with E-state index in [1.165, 1.54) is 18.4 Å². The molecular weight excluding hydrogens is 238 g/mol. The molecule has 0 saturated heterocycles. The fourth-order valence-corrected chi connectivity index (χ4v) is 2.20. The Labute approximate surface area is 117 Å². The second kappa shape index (κ2) is 9.82. The van der Waals surface area contributed by atoms with Gasteiger partial charge in [-0.1, -0.05) is 31.5 Å². The molecule has 1 atom stereocenters. The molecule has 3 heteroatoms. The van der Waals surface area contributed by atoms with Crippen molar-refractivity contribution in [2.45, 2.75) is 38.6 Å². The lowest BCUT2D eigenvalue weighted by molar-refractivity contribution is 0.145. The van der Waals surface area contributed by atoms with Crippen molar-refractivity contribution >= 4 is 0 Å². The van der Waals surface area contributed by atoms with E-state index in [-0.39, 0.29) is 0 Å². The maximum Gasteiger partial charge on any atom is 0.122 e. The van der Waals surface area contributed by atoms with Crippen LogP contribution in [0.1, 0.15) is 31.7 Å². The monoisotopic (exact) mass is 265 g/mol. The van der Waals surface area contributed by atoms with Crippen molar-refractivity contribution in [2.24, 2.45) is 0 Å². The summed E-state index contributed by atoms with van der Waals surface area (Å²) >= 11 is 0. The Kier molecular flexibility index (Phi) is 8.26. The van der Waals surface area contributed by atoms with Gasteiger partial charge in [-0.3, -0.25) is 0 Å². The third-order valence-electron chi connectivity index (χ3n) is 3.33. The lowest BCUT2D eigenvalue weighted by atomic mass is 10.0. The van der Waals surface area contributed by atoms with Crippen molar-refractivity contribution in [3.8, 4) is 5.75 Å². The molecule has 0 amide bonds. The molecule has 1 aromatic rings. The van der Waals surface area contributed by atoms with E-state index in [9.17, 15) is 0 Å². The number of benzene rings is 1. The maximum absolute atomic E-state index is 5.76. The number of hydrogen-bond donors (Lipinski definition) is 1. The van der Waals surface area contributed by atoms with Gasteiger partial charge in [0.1, 0.15) is 12.4 Å². The Hall–Kier alpha value is -1.06.